The molecule has 0 spiro atoms. The largest absolute Gasteiger partial charge is 0.323 e. The SMILES string of the molecule is CCCn1c(-c2scc3ccccc23)nc2cc3nc(-c4scc5ccccc45)n(CCC)c3cc21. The van der Waals surface area contributed by atoms with Gasteiger partial charge in [-0.25, -0.2) is 9.97 Å². The van der Waals surface area contributed by atoms with Gasteiger partial charge in [0, 0.05) is 23.9 Å². The predicted molar refractivity (Wildman–Crippen MR) is 155 cm³/mol. The van der Waals surface area contributed by atoms with Crippen LogP contribution in [0.2, 0.25) is 0 Å². The summed E-state index contributed by atoms with van der Waals surface area (Å²) in [5.74, 6) is 2.13. The van der Waals surface area contributed by atoms with Gasteiger partial charge in [0.1, 0.15) is 0 Å². The van der Waals surface area contributed by atoms with Crippen LogP contribution < -0.4 is 0 Å². The van der Waals surface area contributed by atoms with Crippen molar-refractivity contribution in [3.8, 4) is 21.4 Å². The molecule has 0 amide bonds. The molecule has 4 nitrogen and oxygen atoms in total. The number of fused-ring (bicyclic) bond motifs is 4. The first kappa shape index (κ1) is 21.8. The zero-order valence-corrected chi connectivity index (χ0v) is 22.0. The quantitative estimate of drug-likeness (QED) is 0.226. The Bertz CT molecular complexity index is 1750. The lowest BCUT2D eigenvalue weighted by Gasteiger charge is -2.09. The number of hydrogen-bond acceptors (Lipinski definition) is 4. The van der Waals surface area contributed by atoms with Gasteiger partial charge >= 0.3 is 0 Å². The third kappa shape index (κ3) is 3.25. The molecule has 7 rings (SSSR count). The van der Waals surface area contributed by atoms with E-state index in [4.69, 9.17) is 9.97 Å². The zero-order valence-electron chi connectivity index (χ0n) is 20.4. The van der Waals surface area contributed by atoms with Crippen molar-refractivity contribution in [3.05, 3.63) is 71.4 Å². The first-order valence-electron chi connectivity index (χ1n) is 12.6. The van der Waals surface area contributed by atoms with Crippen molar-refractivity contribution in [1.29, 1.82) is 0 Å². The second kappa shape index (κ2) is 8.57. The molecule has 0 radical (unpaired) electrons. The van der Waals surface area contributed by atoms with E-state index in [0.717, 1.165) is 48.6 Å². The molecule has 7 aromatic rings. The molecule has 0 atom stereocenters. The van der Waals surface area contributed by atoms with Gasteiger partial charge in [-0.3, -0.25) is 0 Å². The number of thiophene rings is 2. The normalized spacial score (nSPS) is 12.1. The molecule has 4 heterocycles. The van der Waals surface area contributed by atoms with E-state index in [9.17, 15) is 0 Å². The van der Waals surface area contributed by atoms with Gasteiger partial charge in [0.25, 0.3) is 0 Å². The van der Waals surface area contributed by atoms with Gasteiger partial charge in [-0.2, -0.15) is 0 Å². The second-order valence-electron chi connectivity index (χ2n) is 9.31. The summed E-state index contributed by atoms with van der Waals surface area (Å²) in [6, 6.07) is 21.8. The maximum Gasteiger partial charge on any atom is 0.151 e. The summed E-state index contributed by atoms with van der Waals surface area (Å²) >= 11 is 3.58. The smallest absolute Gasteiger partial charge is 0.151 e. The molecule has 0 fully saturated rings. The molecule has 0 saturated carbocycles. The number of aryl methyl sites for hydroxylation is 2. The minimum Gasteiger partial charge on any atom is -0.323 e. The highest BCUT2D eigenvalue weighted by atomic mass is 32.1. The lowest BCUT2D eigenvalue weighted by molar-refractivity contribution is 0.701. The molecule has 0 saturated heterocycles. The van der Waals surface area contributed by atoms with Crippen molar-refractivity contribution in [2.45, 2.75) is 39.8 Å². The summed E-state index contributed by atoms with van der Waals surface area (Å²) in [6.45, 7) is 6.35. The van der Waals surface area contributed by atoms with E-state index in [0.29, 0.717) is 0 Å². The van der Waals surface area contributed by atoms with Crippen LogP contribution in [0.1, 0.15) is 26.7 Å². The van der Waals surface area contributed by atoms with Gasteiger partial charge in [0.15, 0.2) is 11.6 Å². The van der Waals surface area contributed by atoms with Crippen LogP contribution in [0.3, 0.4) is 0 Å². The van der Waals surface area contributed by atoms with E-state index in [1.807, 2.05) is 0 Å². The summed E-state index contributed by atoms with van der Waals surface area (Å²) in [4.78, 5) is 12.9. The maximum absolute atomic E-state index is 5.20. The lowest BCUT2D eigenvalue weighted by atomic mass is 10.2. The van der Waals surface area contributed by atoms with Gasteiger partial charge in [-0.1, -0.05) is 62.4 Å². The van der Waals surface area contributed by atoms with Crippen molar-refractivity contribution in [1.82, 2.24) is 19.1 Å². The highest BCUT2D eigenvalue weighted by Gasteiger charge is 2.21. The van der Waals surface area contributed by atoms with Gasteiger partial charge < -0.3 is 9.13 Å². The number of aromatic nitrogens is 4. The topological polar surface area (TPSA) is 35.6 Å². The fourth-order valence-electron chi connectivity index (χ4n) is 5.32. The molecule has 0 bridgehead atoms. The van der Waals surface area contributed by atoms with Crippen molar-refractivity contribution >= 4 is 66.3 Å². The minimum absolute atomic E-state index is 0.938. The second-order valence-corrected chi connectivity index (χ2v) is 11.1. The monoisotopic (exact) mass is 506 g/mol. The van der Waals surface area contributed by atoms with Gasteiger partial charge in [-0.15, -0.1) is 22.7 Å². The number of benzene rings is 3. The standard InChI is InChI=1S/C30H26N4S2/c1-3-13-33-25-16-26-24(15-23(25)31-29(33)27-21-11-7-5-9-19(21)17-35-27)32-30(34(26)14-4-2)28-22-12-8-6-10-20(22)18-36-28/h5-12,15-18H,3-4,13-14H2,1-2H3. The summed E-state index contributed by atoms with van der Waals surface area (Å²) in [6.07, 6.45) is 2.11. The summed E-state index contributed by atoms with van der Waals surface area (Å²) < 4.78 is 4.83. The van der Waals surface area contributed by atoms with Gasteiger partial charge in [0.05, 0.1) is 31.8 Å². The van der Waals surface area contributed by atoms with Crippen LogP contribution in [-0.4, -0.2) is 19.1 Å². The van der Waals surface area contributed by atoms with Gasteiger partial charge in [-0.05, 0) is 46.5 Å². The average molecular weight is 507 g/mol. The molecule has 0 aliphatic rings. The fourth-order valence-corrected chi connectivity index (χ4v) is 7.37. The lowest BCUT2D eigenvalue weighted by Crippen LogP contribution is -2.01. The molecule has 4 aromatic heterocycles. The van der Waals surface area contributed by atoms with Crippen molar-refractivity contribution in [2.24, 2.45) is 0 Å². The van der Waals surface area contributed by atoms with Crippen LogP contribution in [0.25, 0.3) is 65.0 Å². The Hall–Kier alpha value is -3.48. The Kier molecular flexibility index (Phi) is 5.19. The summed E-state index contributed by atoms with van der Waals surface area (Å²) in [5.41, 5.74) is 4.42. The Morgan fingerprint density at radius 3 is 1.58 bits per heavy atom. The molecule has 178 valence electrons. The number of nitrogens with zero attached hydrogens (tertiary/aromatic N) is 4. The Labute approximate surface area is 217 Å². The predicted octanol–water partition coefficient (Wildman–Crippen LogP) is 8.97. The number of imidazole rings is 2. The van der Waals surface area contributed by atoms with Crippen LogP contribution in [0.15, 0.2) is 71.4 Å². The van der Waals surface area contributed by atoms with E-state index in [-0.39, 0.29) is 0 Å². The molecule has 0 unspecified atom stereocenters. The van der Waals surface area contributed by atoms with Crippen molar-refractivity contribution < 1.29 is 0 Å². The minimum atomic E-state index is 0.938. The fraction of sp³-hybridized carbons (Fsp3) is 0.200. The summed E-state index contributed by atoms with van der Waals surface area (Å²) in [5, 5.41) is 9.60. The van der Waals surface area contributed by atoms with Crippen molar-refractivity contribution in [3.63, 3.8) is 0 Å². The average Bonchev–Trinajstić information content (AvgIpc) is 3.67. The first-order valence-corrected chi connectivity index (χ1v) is 14.4. The molecule has 0 N–H and O–H groups in total. The third-order valence-corrected chi connectivity index (χ3v) is 8.96. The van der Waals surface area contributed by atoms with Crippen LogP contribution >= 0.6 is 22.7 Å². The highest BCUT2D eigenvalue weighted by molar-refractivity contribution is 7.15. The molecular weight excluding hydrogens is 480 g/mol. The molecule has 0 aliphatic heterocycles. The molecule has 0 aliphatic carbocycles. The van der Waals surface area contributed by atoms with E-state index < -0.39 is 0 Å². The van der Waals surface area contributed by atoms with Crippen LogP contribution in [0.5, 0.6) is 0 Å². The van der Waals surface area contributed by atoms with Crippen LogP contribution in [-0.2, 0) is 13.1 Å². The van der Waals surface area contributed by atoms with E-state index in [1.54, 1.807) is 22.7 Å². The van der Waals surface area contributed by atoms with E-state index in [2.05, 4.69) is 94.4 Å². The van der Waals surface area contributed by atoms with Crippen LogP contribution in [0.4, 0.5) is 0 Å². The summed E-state index contributed by atoms with van der Waals surface area (Å²) in [7, 11) is 0. The van der Waals surface area contributed by atoms with Crippen LogP contribution in [0, 0.1) is 0 Å². The molecule has 6 heteroatoms. The molecule has 3 aromatic carbocycles. The van der Waals surface area contributed by atoms with Gasteiger partial charge in [0.2, 0.25) is 0 Å². The van der Waals surface area contributed by atoms with E-state index >= 15 is 0 Å². The Morgan fingerprint density at radius 1 is 0.639 bits per heavy atom. The molecule has 36 heavy (non-hydrogen) atoms. The van der Waals surface area contributed by atoms with E-state index in [1.165, 1.54) is 42.3 Å². The maximum atomic E-state index is 5.20. The first-order chi connectivity index (χ1) is 17.8. The Balaban J connectivity index is 1.48. The Morgan fingerprint density at radius 2 is 1.11 bits per heavy atom. The third-order valence-electron chi connectivity index (χ3n) is 6.94. The van der Waals surface area contributed by atoms with Crippen molar-refractivity contribution in [2.75, 3.05) is 0 Å². The highest BCUT2D eigenvalue weighted by Crippen LogP contribution is 2.39. The number of hydrogen-bond donors (Lipinski definition) is 0. The number of rotatable bonds is 6. The molecular formula is C30H26N4S2. The zero-order chi connectivity index (χ0) is 24.2.